The van der Waals surface area contributed by atoms with Crippen molar-refractivity contribution in [2.45, 2.75) is 0 Å². The highest BCUT2D eigenvalue weighted by Crippen LogP contribution is 2.52. The Kier molecular flexibility index (Phi) is 2.50. The lowest BCUT2D eigenvalue weighted by Gasteiger charge is -2.25. The molecule has 4 aromatic rings. The Hall–Kier alpha value is -3.20. The molecule has 23 heavy (non-hydrogen) atoms. The largest absolute Gasteiger partial charge is 0.453 e. The number of aromatic nitrogens is 2. The van der Waals surface area contributed by atoms with E-state index < -0.39 is 0 Å². The van der Waals surface area contributed by atoms with Crippen LogP contribution in [0.25, 0.3) is 33.3 Å². The van der Waals surface area contributed by atoms with Crippen molar-refractivity contribution in [2.24, 2.45) is 0 Å². The molecule has 0 bridgehead atoms. The molecule has 0 saturated carbocycles. The van der Waals surface area contributed by atoms with Gasteiger partial charge in [0.2, 0.25) is 0 Å². The minimum atomic E-state index is 0.807. The predicted molar refractivity (Wildman–Crippen MR) is 90.5 cm³/mol. The van der Waals surface area contributed by atoms with Gasteiger partial charge >= 0.3 is 0 Å². The van der Waals surface area contributed by atoms with Gasteiger partial charge in [0, 0.05) is 5.56 Å². The number of hydrogen-bond donors (Lipinski definition) is 0. The highest BCUT2D eigenvalue weighted by molar-refractivity contribution is 6.05. The standard InChI is InChI=1S/C20H12N2O/c1-3-7-13(8-4-1)17-19(14-9-5-2-6-10-14)22-15-11-21-12-16-18(15)20(17)23-16/h1-12H. The van der Waals surface area contributed by atoms with Gasteiger partial charge in [0.1, 0.15) is 0 Å². The van der Waals surface area contributed by atoms with E-state index in [-0.39, 0.29) is 0 Å². The first-order chi connectivity index (χ1) is 11.4. The van der Waals surface area contributed by atoms with Gasteiger partial charge in [-0.25, -0.2) is 4.98 Å². The van der Waals surface area contributed by atoms with E-state index in [9.17, 15) is 0 Å². The van der Waals surface area contributed by atoms with Crippen molar-refractivity contribution in [3.8, 4) is 33.9 Å². The number of pyridine rings is 2. The van der Waals surface area contributed by atoms with Crippen LogP contribution in [0.1, 0.15) is 0 Å². The molecule has 1 aliphatic heterocycles. The zero-order valence-electron chi connectivity index (χ0n) is 12.2. The van der Waals surface area contributed by atoms with Gasteiger partial charge in [-0.2, -0.15) is 0 Å². The first-order valence-electron chi connectivity index (χ1n) is 7.52. The third kappa shape index (κ3) is 1.77. The molecule has 0 fully saturated rings. The summed E-state index contributed by atoms with van der Waals surface area (Å²) in [5.41, 5.74) is 5.03. The summed E-state index contributed by atoms with van der Waals surface area (Å²) in [4.78, 5) is 9.09. The Morgan fingerprint density at radius 3 is 2.17 bits per heavy atom. The fourth-order valence-electron chi connectivity index (χ4n) is 3.07. The van der Waals surface area contributed by atoms with Crippen LogP contribution >= 0.6 is 0 Å². The average Bonchev–Trinajstić information content (AvgIpc) is 2.60. The Morgan fingerprint density at radius 1 is 0.739 bits per heavy atom. The molecule has 2 aromatic heterocycles. The molecule has 3 nitrogen and oxygen atoms in total. The van der Waals surface area contributed by atoms with E-state index in [1.165, 1.54) is 0 Å². The first kappa shape index (κ1) is 12.4. The minimum Gasteiger partial charge on any atom is -0.453 e. The van der Waals surface area contributed by atoms with Crippen LogP contribution in [0.15, 0.2) is 73.1 Å². The van der Waals surface area contributed by atoms with Gasteiger partial charge in [0.15, 0.2) is 11.5 Å². The lowest BCUT2D eigenvalue weighted by molar-refractivity contribution is 0.460. The Bertz CT molecular complexity index is 1030. The fraction of sp³-hybridized carbons (Fsp3) is 0. The zero-order chi connectivity index (χ0) is 15.2. The van der Waals surface area contributed by atoms with Crippen LogP contribution in [0.5, 0.6) is 11.5 Å². The maximum atomic E-state index is 5.92. The summed E-state index contributed by atoms with van der Waals surface area (Å²) < 4.78 is 5.92. The SMILES string of the molecule is c1ccc(-c2nc3cncc4c3c(c2-c2ccccc2)O4)cc1. The number of benzene rings is 2. The van der Waals surface area contributed by atoms with Crippen molar-refractivity contribution in [2.75, 3.05) is 0 Å². The number of ether oxygens (including phenoxy) is 1. The molecule has 5 rings (SSSR count). The highest BCUT2D eigenvalue weighted by atomic mass is 16.5. The van der Waals surface area contributed by atoms with Crippen molar-refractivity contribution in [1.29, 1.82) is 0 Å². The molecule has 3 heteroatoms. The summed E-state index contributed by atoms with van der Waals surface area (Å²) in [6, 6.07) is 20.5. The molecule has 0 unspecified atom stereocenters. The summed E-state index contributed by atoms with van der Waals surface area (Å²) in [5.74, 6) is 1.71. The maximum Gasteiger partial charge on any atom is 0.158 e. The van der Waals surface area contributed by atoms with Gasteiger partial charge < -0.3 is 4.74 Å². The zero-order valence-corrected chi connectivity index (χ0v) is 12.2. The van der Waals surface area contributed by atoms with Crippen molar-refractivity contribution < 1.29 is 4.74 Å². The summed E-state index contributed by atoms with van der Waals surface area (Å²) in [7, 11) is 0. The van der Waals surface area contributed by atoms with Crippen LogP contribution < -0.4 is 4.74 Å². The molecule has 0 spiro atoms. The number of rotatable bonds is 2. The average molecular weight is 296 g/mol. The molecule has 108 valence electrons. The molecule has 0 amide bonds. The Balaban J connectivity index is 1.90. The lowest BCUT2D eigenvalue weighted by atomic mass is 9.95. The van der Waals surface area contributed by atoms with Gasteiger partial charge in [0.25, 0.3) is 0 Å². The van der Waals surface area contributed by atoms with E-state index >= 15 is 0 Å². The van der Waals surface area contributed by atoms with Gasteiger partial charge in [-0.3, -0.25) is 4.98 Å². The predicted octanol–water partition coefficient (Wildman–Crippen LogP) is 5.07. The molecule has 0 radical (unpaired) electrons. The van der Waals surface area contributed by atoms with Gasteiger partial charge in [-0.1, -0.05) is 60.7 Å². The second-order valence-electron chi connectivity index (χ2n) is 5.53. The maximum absolute atomic E-state index is 5.92. The van der Waals surface area contributed by atoms with Crippen molar-refractivity contribution in [3.05, 3.63) is 73.1 Å². The Labute approximate surface area is 133 Å². The summed E-state index contributed by atoms with van der Waals surface area (Å²) in [6.07, 6.45) is 3.54. The van der Waals surface area contributed by atoms with Crippen LogP contribution in [-0.4, -0.2) is 9.97 Å². The summed E-state index contributed by atoms with van der Waals surface area (Å²) in [5, 5.41) is 1.07. The second kappa shape index (κ2) is 4.65. The number of hydrogen-bond acceptors (Lipinski definition) is 3. The van der Waals surface area contributed by atoms with E-state index in [2.05, 4.69) is 29.2 Å². The quantitative estimate of drug-likeness (QED) is 0.456. The van der Waals surface area contributed by atoms with Crippen molar-refractivity contribution in [3.63, 3.8) is 0 Å². The van der Waals surface area contributed by atoms with Crippen LogP contribution in [0.3, 0.4) is 0 Å². The molecular weight excluding hydrogens is 284 g/mol. The number of nitrogens with zero attached hydrogens (tertiary/aromatic N) is 2. The van der Waals surface area contributed by atoms with E-state index in [1.807, 2.05) is 36.4 Å². The van der Waals surface area contributed by atoms with E-state index in [1.54, 1.807) is 12.4 Å². The van der Waals surface area contributed by atoms with Crippen LogP contribution in [0.4, 0.5) is 0 Å². The molecule has 1 aliphatic rings. The monoisotopic (exact) mass is 296 g/mol. The van der Waals surface area contributed by atoms with E-state index in [4.69, 9.17) is 9.72 Å². The van der Waals surface area contributed by atoms with Crippen molar-refractivity contribution in [1.82, 2.24) is 9.97 Å². The van der Waals surface area contributed by atoms with Gasteiger partial charge in [0.05, 0.1) is 34.6 Å². The molecule has 0 atom stereocenters. The Morgan fingerprint density at radius 2 is 1.43 bits per heavy atom. The van der Waals surface area contributed by atoms with E-state index in [0.717, 1.165) is 44.8 Å². The molecular formula is C20H12N2O. The van der Waals surface area contributed by atoms with Crippen LogP contribution in [0, 0.1) is 0 Å². The first-order valence-corrected chi connectivity index (χ1v) is 7.52. The minimum absolute atomic E-state index is 0.807. The smallest absolute Gasteiger partial charge is 0.158 e. The summed E-state index contributed by atoms with van der Waals surface area (Å²) in [6.45, 7) is 0. The third-order valence-corrected chi connectivity index (χ3v) is 4.14. The highest BCUT2D eigenvalue weighted by Gasteiger charge is 2.28. The lowest BCUT2D eigenvalue weighted by Crippen LogP contribution is -2.04. The normalized spacial score (nSPS) is 11.8. The van der Waals surface area contributed by atoms with Crippen molar-refractivity contribution >= 4 is 10.9 Å². The third-order valence-electron chi connectivity index (χ3n) is 4.14. The topological polar surface area (TPSA) is 35.0 Å². The molecule has 2 aromatic carbocycles. The van der Waals surface area contributed by atoms with Gasteiger partial charge in [-0.05, 0) is 5.56 Å². The van der Waals surface area contributed by atoms with Gasteiger partial charge in [-0.15, -0.1) is 0 Å². The fourth-order valence-corrected chi connectivity index (χ4v) is 3.07. The van der Waals surface area contributed by atoms with E-state index in [0.29, 0.717) is 0 Å². The summed E-state index contributed by atoms with van der Waals surface area (Å²) >= 11 is 0. The van der Waals surface area contributed by atoms with Crippen LogP contribution in [-0.2, 0) is 0 Å². The molecule has 3 heterocycles. The van der Waals surface area contributed by atoms with Crippen LogP contribution in [0.2, 0.25) is 0 Å². The molecule has 0 aliphatic carbocycles. The molecule has 0 N–H and O–H groups in total. The second-order valence-corrected chi connectivity index (χ2v) is 5.53. The molecule has 0 saturated heterocycles.